The third-order valence-electron chi connectivity index (χ3n) is 10.4. The Morgan fingerprint density at radius 3 is 1.98 bits per heavy atom. The van der Waals surface area contributed by atoms with E-state index in [9.17, 15) is 0 Å². The number of allylic oxidation sites excluding steroid dienone is 4. The van der Waals surface area contributed by atoms with Crippen molar-refractivity contribution in [2.75, 3.05) is 4.90 Å². The highest BCUT2D eigenvalue weighted by atomic mass is 32.1. The van der Waals surface area contributed by atoms with Crippen molar-refractivity contribution in [1.29, 1.82) is 0 Å². The molecule has 226 valence electrons. The first-order chi connectivity index (χ1) is 23.1. The molecule has 0 bridgehead atoms. The highest BCUT2D eigenvalue weighted by molar-refractivity contribution is 7.26. The fraction of sp³-hybridized carbons (Fsp3) is 0.111. The van der Waals surface area contributed by atoms with Crippen LogP contribution < -0.4 is 4.90 Å². The second-order valence-electron chi connectivity index (χ2n) is 13.4. The predicted octanol–water partition coefficient (Wildman–Crippen LogP) is 13.0. The molecule has 1 heterocycles. The van der Waals surface area contributed by atoms with Gasteiger partial charge in [-0.3, -0.25) is 0 Å². The van der Waals surface area contributed by atoms with Gasteiger partial charge in [0.05, 0.1) is 0 Å². The van der Waals surface area contributed by atoms with Gasteiger partial charge in [-0.05, 0) is 87.2 Å². The first-order valence-electron chi connectivity index (χ1n) is 16.5. The van der Waals surface area contributed by atoms with Crippen molar-refractivity contribution in [1.82, 2.24) is 0 Å². The van der Waals surface area contributed by atoms with Crippen LogP contribution in [0.5, 0.6) is 0 Å². The van der Waals surface area contributed by atoms with Gasteiger partial charge in [-0.1, -0.05) is 135 Å². The Labute approximate surface area is 280 Å². The van der Waals surface area contributed by atoms with E-state index in [1.54, 1.807) is 0 Å². The number of hydrogen-bond donors (Lipinski definition) is 0. The Balaban J connectivity index is 1.15. The lowest BCUT2D eigenvalue weighted by molar-refractivity contribution is 0.394. The summed E-state index contributed by atoms with van der Waals surface area (Å²) in [5, 5.41) is 2.67. The standard InChI is InChI=1S/C45H35NS/c1-45(2)41-17-8-6-13-37(41)38-28-27-35(29-42(38)45)46(33-23-19-31(20-24-33)30-11-4-3-5-12-30)34-25-21-32(22-26-34)36-15-10-16-40-39-14-7-9-18-43(39)47-44(36)40/h3-29,37,41H,1-2H3. The molecule has 0 spiro atoms. The molecule has 0 aliphatic heterocycles. The average molecular weight is 622 g/mol. The summed E-state index contributed by atoms with van der Waals surface area (Å²) in [7, 11) is 0. The zero-order chi connectivity index (χ0) is 31.5. The summed E-state index contributed by atoms with van der Waals surface area (Å²) in [5.41, 5.74) is 11.4. The number of nitrogens with zero attached hydrogens (tertiary/aromatic N) is 1. The summed E-state index contributed by atoms with van der Waals surface area (Å²) in [6.07, 6.45) is 9.22. The van der Waals surface area contributed by atoms with E-state index in [0.29, 0.717) is 11.8 Å². The van der Waals surface area contributed by atoms with Crippen molar-refractivity contribution >= 4 is 48.6 Å². The van der Waals surface area contributed by atoms with E-state index in [0.717, 1.165) is 11.4 Å². The van der Waals surface area contributed by atoms with E-state index < -0.39 is 0 Å². The lowest BCUT2D eigenvalue weighted by atomic mass is 9.74. The van der Waals surface area contributed by atoms with Crippen LogP contribution in [0.25, 0.3) is 42.4 Å². The van der Waals surface area contributed by atoms with Crippen molar-refractivity contribution in [3.05, 3.63) is 175 Å². The summed E-state index contributed by atoms with van der Waals surface area (Å²) in [6, 6.07) is 51.4. The average Bonchev–Trinajstić information content (AvgIpc) is 3.62. The van der Waals surface area contributed by atoms with Crippen LogP contribution in [0.2, 0.25) is 0 Å². The molecular formula is C45H35NS. The molecule has 7 aromatic rings. The first kappa shape index (κ1) is 28.1. The van der Waals surface area contributed by atoms with Crippen LogP contribution >= 0.6 is 11.3 Å². The zero-order valence-corrected chi connectivity index (χ0v) is 27.4. The number of anilines is 3. The molecule has 2 atom stereocenters. The number of benzene rings is 6. The topological polar surface area (TPSA) is 3.24 Å². The van der Waals surface area contributed by atoms with Gasteiger partial charge < -0.3 is 4.90 Å². The van der Waals surface area contributed by atoms with Crippen LogP contribution in [-0.4, -0.2) is 0 Å². The minimum atomic E-state index is 0.0485. The molecule has 6 aromatic carbocycles. The maximum absolute atomic E-state index is 2.45. The first-order valence-corrected chi connectivity index (χ1v) is 17.3. The SMILES string of the molecule is CC1(C)c2cc(N(c3ccc(-c4ccccc4)cc3)c3ccc(-c4cccc5c4sc4ccccc45)cc3)ccc2C2C=CC=CC21. The molecule has 0 amide bonds. The van der Waals surface area contributed by atoms with E-state index >= 15 is 0 Å². The normalized spacial score (nSPS) is 17.6. The smallest absolute Gasteiger partial charge is 0.0464 e. The fourth-order valence-electron chi connectivity index (χ4n) is 7.95. The van der Waals surface area contributed by atoms with Crippen LogP contribution in [0.15, 0.2) is 164 Å². The molecule has 0 radical (unpaired) electrons. The van der Waals surface area contributed by atoms with Gasteiger partial charge in [-0.25, -0.2) is 0 Å². The van der Waals surface area contributed by atoms with Gasteiger partial charge in [0.15, 0.2) is 0 Å². The van der Waals surface area contributed by atoms with Gasteiger partial charge in [0, 0.05) is 43.2 Å². The quantitative estimate of drug-likeness (QED) is 0.185. The fourth-order valence-corrected chi connectivity index (χ4v) is 9.19. The van der Waals surface area contributed by atoms with Gasteiger partial charge >= 0.3 is 0 Å². The number of thiophene rings is 1. The zero-order valence-electron chi connectivity index (χ0n) is 26.6. The lowest BCUT2D eigenvalue weighted by Gasteiger charge is -2.30. The monoisotopic (exact) mass is 621 g/mol. The number of rotatable bonds is 5. The van der Waals surface area contributed by atoms with Crippen molar-refractivity contribution in [2.24, 2.45) is 5.92 Å². The van der Waals surface area contributed by atoms with E-state index in [4.69, 9.17) is 0 Å². The van der Waals surface area contributed by atoms with Crippen LogP contribution in [0.3, 0.4) is 0 Å². The van der Waals surface area contributed by atoms with Gasteiger partial charge in [-0.2, -0.15) is 0 Å². The Hall–Kier alpha value is -5.18. The lowest BCUT2D eigenvalue weighted by Crippen LogP contribution is -2.24. The van der Waals surface area contributed by atoms with Gasteiger partial charge in [-0.15, -0.1) is 11.3 Å². The van der Waals surface area contributed by atoms with Gasteiger partial charge in [0.1, 0.15) is 0 Å². The van der Waals surface area contributed by atoms with E-state index in [1.165, 1.54) is 59.2 Å². The summed E-state index contributed by atoms with van der Waals surface area (Å²) in [5.74, 6) is 0.917. The predicted molar refractivity (Wildman–Crippen MR) is 202 cm³/mol. The van der Waals surface area contributed by atoms with Gasteiger partial charge in [0.2, 0.25) is 0 Å². The molecule has 1 aromatic heterocycles. The van der Waals surface area contributed by atoms with E-state index in [-0.39, 0.29) is 5.41 Å². The third kappa shape index (κ3) is 4.59. The second kappa shape index (κ2) is 11.0. The van der Waals surface area contributed by atoms with Crippen molar-refractivity contribution in [2.45, 2.75) is 25.2 Å². The summed E-state index contributed by atoms with van der Waals surface area (Å²) in [4.78, 5) is 2.42. The summed E-state index contributed by atoms with van der Waals surface area (Å²) < 4.78 is 2.68. The van der Waals surface area contributed by atoms with Gasteiger partial charge in [0.25, 0.3) is 0 Å². The van der Waals surface area contributed by atoms with Crippen molar-refractivity contribution < 1.29 is 0 Å². The molecule has 0 saturated heterocycles. The summed E-state index contributed by atoms with van der Waals surface area (Å²) >= 11 is 1.89. The molecule has 2 aliphatic rings. The molecule has 2 aliphatic carbocycles. The molecule has 2 unspecified atom stereocenters. The molecule has 47 heavy (non-hydrogen) atoms. The molecular weight excluding hydrogens is 587 g/mol. The maximum Gasteiger partial charge on any atom is 0.0464 e. The molecule has 9 rings (SSSR count). The van der Waals surface area contributed by atoms with E-state index in [2.05, 4.69) is 183 Å². The van der Waals surface area contributed by atoms with Crippen LogP contribution in [-0.2, 0) is 5.41 Å². The Bertz CT molecular complexity index is 2320. The Morgan fingerprint density at radius 1 is 0.553 bits per heavy atom. The van der Waals surface area contributed by atoms with Crippen molar-refractivity contribution in [3.8, 4) is 22.3 Å². The number of hydrogen-bond acceptors (Lipinski definition) is 2. The Morgan fingerprint density at radius 2 is 1.19 bits per heavy atom. The Kier molecular flexibility index (Phi) is 6.55. The van der Waals surface area contributed by atoms with Crippen LogP contribution in [0.4, 0.5) is 17.1 Å². The largest absolute Gasteiger partial charge is 0.310 e. The second-order valence-corrected chi connectivity index (χ2v) is 14.4. The minimum Gasteiger partial charge on any atom is -0.310 e. The van der Waals surface area contributed by atoms with Crippen LogP contribution in [0, 0.1) is 5.92 Å². The minimum absolute atomic E-state index is 0.0485. The van der Waals surface area contributed by atoms with E-state index in [1.807, 2.05) is 11.3 Å². The summed E-state index contributed by atoms with van der Waals surface area (Å²) in [6.45, 7) is 4.82. The molecule has 0 N–H and O–H groups in total. The molecule has 2 heteroatoms. The highest BCUT2D eigenvalue weighted by Crippen LogP contribution is 2.54. The van der Waals surface area contributed by atoms with Crippen LogP contribution in [0.1, 0.15) is 30.9 Å². The molecule has 0 fully saturated rings. The number of fused-ring (bicyclic) bond motifs is 6. The molecule has 0 saturated carbocycles. The van der Waals surface area contributed by atoms with Crippen molar-refractivity contribution in [3.63, 3.8) is 0 Å². The molecule has 1 nitrogen and oxygen atoms in total. The third-order valence-corrected chi connectivity index (χ3v) is 11.6. The maximum atomic E-state index is 2.45. The highest BCUT2D eigenvalue weighted by Gasteiger charge is 2.44.